The van der Waals surface area contributed by atoms with E-state index in [1.165, 1.54) is 29.8 Å². The molecule has 0 aliphatic carbocycles. The van der Waals surface area contributed by atoms with Crippen molar-refractivity contribution in [2.45, 2.75) is 46.5 Å². The predicted molar refractivity (Wildman–Crippen MR) is 51.3 cm³/mol. The normalized spacial score (nSPS) is 10.6. The van der Waals surface area contributed by atoms with Crippen molar-refractivity contribution in [2.75, 3.05) is 0 Å². The Hall–Kier alpha value is -0.790. The average molecular weight is 166 g/mol. The van der Waals surface area contributed by atoms with E-state index in [1.54, 1.807) is 0 Å². The van der Waals surface area contributed by atoms with Crippen molar-refractivity contribution >= 4 is 0 Å². The van der Waals surface area contributed by atoms with Crippen LogP contribution in [-0.4, -0.2) is 10.2 Å². The molecule has 2 heteroatoms. The van der Waals surface area contributed by atoms with Crippen LogP contribution in [0, 0.1) is 6.92 Å². The zero-order valence-electron chi connectivity index (χ0n) is 8.28. The minimum atomic E-state index is 1.10. The lowest BCUT2D eigenvalue weighted by atomic mass is 10.1. The van der Waals surface area contributed by atoms with Gasteiger partial charge in [-0.1, -0.05) is 20.3 Å². The van der Waals surface area contributed by atoms with Gasteiger partial charge < -0.3 is 0 Å². The first kappa shape index (κ1) is 9.30. The van der Waals surface area contributed by atoms with Crippen molar-refractivity contribution in [1.82, 2.24) is 10.2 Å². The summed E-state index contributed by atoms with van der Waals surface area (Å²) in [6.45, 7) is 6.50. The molecule has 0 aromatic carbocycles. The van der Waals surface area contributed by atoms with Crippen LogP contribution < -0.4 is 0 Å². The number of aromatic amines is 1. The van der Waals surface area contributed by atoms with Crippen LogP contribution in [0.5, 0.6) is 0 Å². The molecule has 0 atom stereocenters. The van der Waals surface area contributed by atoms with Crippen LogP contribution in [0.15, 0.2) is 0 Å². The second kappa shape index (κ2) is 4.29. The smallest absolute Gasteiger partial charge is 0.0656 e. The summed E-state index contributed by atoms with van der Waals surface area (Å²) in [5, 5.41) is 7.35. The lowest BCUT2D eigenvalue weighted by Gasteiger charge is -1.98. The van der Waals surface area contributed by atoms with Crippen molar-refractivity contribution in [3.63, 3.8) is 0 Å². The summed E-state index contributed by atoms with van der Waals surface area (Å²) in [6.07, 6.45) is 4.72. The number of unbranched alkanes of at least 4 members (excludes halogenated alkanes) is 1. The van der Waals surface area contributed by atoms with Gasteiger partial charge >= 0.3 is 0 Å². The molecule has 0 spiro atoms. The second-order valence-electron chi connectivity index (χ2n) is 3.23. The number of hydrogen-bond donors (Lipinski definition) is 1. The van der Waals surface area contributed by atoms with Gasteiger partial charge in [-0.2, -0.15) is 5.10 Å². The maximum Gasteiger partial charge on any atom is 0.0656 e. The fraction of sp³-hybridized carbons (Fsp3) is 0.700. The van der Waals surface area contributed by atoms with Crippen molar-refractivity contribution in [2.24, 2.45) is 0 Å². The van der Waals surface area contributed by atoms with Crippen LogP contribution in [-0.2, 0) is 12.8 Å². The molecule has 1 aromatic heterocycles. The van der Waals surface area contributed by atoms with Crippen LogP contribution in [0.25, 0.3) is 0 Å². The van der Waals surface area contributed by atoms with E-state index in [1.807, 2.05) is 0 Å². The van der Waals surface area contributed by atoms with E-state index in [0.29, 0.717) is 0 Å². The summed E-state index contributed by atoms with van der Waals surface area (Å²) >= 11 is 0. The van der Waals surface area contributed by atoms with Crippen molar-refractivity contribution < 1.29 is 0 Å². The number of H-pyrrole nitrogens is 1. The third kappa shape index (κ3) is 1.87. The molecular formula is C10H18N2. The van der Waals surface area contributed by atoms with Gasteiger partial charge in [0, 0.05) is 5.69 Å². The van der Waals surface area contributed by atoms with Gasteiger partial charge in [0.2, 0.25) is 0 Å². The van der Waals surface area contributed by atoms with Crippen molar-refractivity contribution in [3.8, 4) is 0 Å². The number of nitrogens with one attached hydrogen (secondary N) is 1. The van der Waals surface area contributed by atoms with Gasteiger partial charge in [-0.25, -0.2) is 0 Å². The second-order valence-corrected chi connectivity index (χ2v) is 3.23. The predicted octanol–water partition coefficient (Wildman–Crippen LogP) is 2.62. The monoisotopic (exact) mass is 166 g/mol. The number of hydrogen-bond acceptors (Lipinski definition) is 1. The zero-order chi connectivity index (χ0) is 8.97. The Kier molecular flexibility index (Phi) is 3.32. The average Bonchev–Trinajstić information content (AvgIpc) is 2.43. The van der Waals surface area contributed by atoms with E-state index in [9.17, 15) is 0 Å². The van der Waals surface area contributed by atoms with E-state index < -0.39 is 0 Å². The molecule has 0 unspecified atom stereocenters. The highest BCUT2D eigenvalue weighted by Crippen LogP contribution is 2.13. The van der Waals surface area contributed by atoms with Crippen LogP contribution in [0.3, 0.4) is 0 Å². The Morgan fingerprint density at radius 2 is 2.08 bits per heavy atom. The lowest BCUT2D eigenvalue weighted by molar-refractivity contribution is 0.765. The van der Waals surface area contributed by atoms with Gasteiger partial charge in [0.05, 0.1) is 5.69 Å². The molecule has 2 nitrogen and oxygen atoms in total. The summed E-state index contributed by atoms with van der Waals surface area (Å²) in [7, 11) is 0. The van der Waals surface area contributed by atoms with E-state index in [2.05, 4.69) is 31.0 Å². The Labute approximate surface area is 74.4 Å². The molecule has 1 rings (SSSR count). The maximum absolute atomic E-state index is 4.30. The van der Waals surface area contributed by atoms with Crippen LogP contribution in [0.4, 0.5) is 0 Å². The summed E-state index contributed by atoms with van der Waals surface area (Å²) in [4.78, 5) is 0. The van der Waals surface area contributed by atoms with Gasteiger partial charge in [0.1, 0.15) is 0 Å². The lowest BCUT2D eigenvalue weighted by Crippen LogP contribution is -1.91. The number of aromatic nitrogens is 2. The van der Waals surface area contributed by atoms with Gasteiger partial charge in [-0.3, -0.25) is 5.10 Å². The van der Waals surface area contributed by atoms with Crippen LogP contribution >= 0.6 is 0 Å². The molecule has 1 aromatic rings. The van der Waals surface area contributed by atoms with E-state index in [-0.39, 0.29) is 0 Å². The van der Waals surface area contributed by atoms with Crippen molar-refractivity contribution in [3.05, 3.63) is 17.0 Å². The highest BCUT2D eigenvalue weighted by molar-refractivity contribution is 5.24. The Bertz CT molecular complexity index is 238. The first-order chi connectivity index (χ1) is 5.79. The van der Waals surface area contributed by atoms with Crippen LogP contribution in [0.2, 0.25) is 0 Å². The third-order valence-electron chi connectivity index (χ3n) is 2.28. The molecule has 0 saturated carbocycles. The number of rotatable bonds is 4. The highest BCUT2D eigenvalue weighted by Gasteiger charge is 2.06. The first-order valence-electron chi connectivity index (χ1n) is 4.82. The van der Waals surface area contributed by atoms with E-state index in [4.69, 9.17) is 0 Å². The molecule has 0 fully saturated rings. The molecular weight excluding hydrogens is 148 g/mol. The standard InChI is InChI=1S/C10H18N2/c1-4-6-7-10-9(5-2)8(3)11-12-10/h4-7H2,1-3H3,(H,11,12). The molecule has 0 aliphatic rings. The first-order valence-corrected chi connectivity index (χ1v) is 4.82. The molecule has 12 heavy (non-hydrogen) atoms. The van der Waals surface area contributed by atoms with E-state index >= 15 is 0 Å². The molecule has 68 valence electrons. The zero-order valence-corrected chi connectivity index (χ0v) is 8.28. The fourth-order valence-electron chi connectivity index (χ4n) is 1.52. The Morgan fingerprint density at radius 1 is 1.33 bits per heavy atom. The molecule has 1 N–H and O–H groups in total. The Balaban J connectivity index is 2.70. The Morgan fingerprint density at radius 3 is 2.67 bits per heavy atom. The number of nitrogens with zero attached hydrogens (tertiary/aromatic N) is 1. The molecule has 0 bridgehead atoms. The highest BCUT2D eigenvalue weighted by atomic mass is 15.1. The van der Waals surface area contributed by atoms with Crippen molar-refractivity contribution in [1.29, 1.82) is 0 Å². The molecule has 0 aliphatic heterocycles. The SMILES string of the molecule is CCCCc1n[nH]c(C)c1CC. The number of aryl methyl sites for hydroxylation is 2. The van der Waals surface area contributed by atoms with Gasteiger partial charge in [-0.15, -0.1) is 0 Å². The molecule has 0 amide bonds. The topological polar surface area (TPSA) is 28.7 Å². The molecule has 0 saturated heterocycles. The van der Waals surface area contributed by atoms with Gasteiger partial charge in [-0.05, 0) is 31.7 Å². The molecule has 0 radical (unpaired) electrons. The summed E-state index contributed by atoms with van der Waals surface area (Å²) in [5.74, 6) is 0. The van der Waals surface area contributed by atoms with Gasteiger partial charge in [0.25, 0.3) is 0 Å². The summed E-state index contributed by atoms with van der Waals surface area (Å²) in [5.41, 5.74) is 3.93. The largest absolute Gasteiger partial charge is 0.282 e. The summed E-state index contributed by atoms with van der Waals surface area (Å²) < 4.78 is 0. The minimum absolute atomic E-state index is 1.10. The third-order valence-corrected chi connectivity index (χ3v) is 2.28. The quantitative estimate of drug-likeness (QED) is 0.731. The van der Waals surface area contributed by atoms with Crippen LogP contribution in [0.1, 0.15) is 43.6 Å². The minimum Gasteiger partial charge on any atom is -0.282 e. The van der Waals surface area contributed by atoms with E-state index in [0.717, 1.165) is 12.8 Å². The maximum atomic E-state index is 4.30. The summed E-state index contributed by atoms with van der Waals surface area (Å²) in [6, 6.07) is 0. The van der Waals surface area contributed by atoms with Gasteiger partial charge in [0.15, 0.2) is 0 Å². The fourth-order valence-corrected chi connectivity index (χ4v) is 1.52. The molecule has 1 heterocycles.